The highest BCUT2D eigenvalue weighted by Gasteiger charge is 2.51. The van der Waals surface area contributed by atoms with Crippen molar-refractivity contribution in [3.05, 3.63) is 59.4 Å². The zero-order chi connectivity index (χ0) is 19.6. The number of allylic oxidation sites excluding steroid dienone is 3. The fourth-order valence-corrected chi connectivity index (χ4v) is 3.35. The number of carbonyl (C=O) groups is 1. The number of hydrogen-bond acceptors (Lipinski definition) is 5. The van der Waals surface area contributed by atoms with E-state index in [-0.39, 0.29) is 18.4 Å². The first-order valence-corrected chi connectivity index (χ1v) is 8.96. The van der Waals surface area contributed by atoms with Crippen LogP contribution in [0.2, 0.25) is 0 Å². The molecule has 1 atom stereocenters. The van der Waals surface area contributed by atoms with Crippen LogP contribution in [-0.2, 0) is 30.3 Å². The lowest BCUT2D eigenvalue weighted by atomic mass is 9.72. The summed E-state index contributed by atoms with van der Waals surface area (Å²) in [5.41, 5.74) is -6.29. The van der Waals surface area contributed by atoms with E-state index in [1.807, 2.05) is 0 Å². The summed E-state index contributed by atoms with van der Waals surface area (Å²) in [4.78, 5) is 12.1. The topological polar surface area (TPSA) is 69.7 Å². The van der Waals surface area contributed by atoms with Gasteiger partial charge in [-0.3, -0.25) is 0 Å². The lowest BCUT2D eigenvalue weighted by Gasteiger charge is -2.35. The van der Waals surface area contributed by atoms with Gasteiger partial charge in [0.15, 0.2) is 0 Å². The van der Waals surface area contributed by atoms with Gasteiger partial charge < -0.3 is 8.92 Å². The predicted molar refractivity (Wildman–Crippen MR) is 87.1 cm³/mol. The molecule has 0 bridgehead atoms. The Balaban J connectivity index is 2.49. The molecule has 0 spiro atoms. The Bertz CT molecular complexity index is 841. The van der Waals surface area contributed by atoms with Gasteiger partial charge in [-0.2, -0.15) is 21.6 Å². The number of carbonyl (C=O) groups excluding carboxylic acids is 1. The number of hydrogen-bond donors (Lipinski definition) is 0. The van der Waals surface area contributed by atoms with Crippen molar-refractivity contribution >= 4 is 16.1 Å². The number of methoxy groups -OCH3 is 1. The quantitative estimate of drug-likeness (QED) is 0.437. The van der Waals surface area contributed by atoms with Crippen molar-refractivity contribution in [1.29, 1.82) is 0 Å². The fraction of sp³-hybridized carbons (Fsp3) is 0.353. The Morgan fingerprint density at radius 3 is 2.35 bits per heavy atom. The maximum absolute atomic E-state index is 12.7. The average Bonchev–Trinajstić information content (AvgIpc) is 2.56. The molecule has 9 heteroatoms. The van der Waals surface area contributed by atoms with Gasteiger partial charge in [0.1, 0.15) is 5.76 Å². The molecule has 0 fully saturated rings. The minimum Gasteiger partial charge on any atom is -0.466 e. The van der Waals surface area contributed by atoms with Crippen molar-refractivity contribution in [2.75, 3.05) is 7.11 Å². The summed E-state index contributed by atoms with van der Waals surface area (Å²) in [7, 11) is -4.73. The van der Waals surface area contributed by atoms with Crippen LogP contribution in [0.5, 0.6) is 0 Å². The van der Waals surface area contributed by atoms with Gasteiger partial charge in [-0.1, -0.05) is 36.4 Å². The molecule has 0 heterocycles. The van der Waals surface area contributed by atoms with Gasteiger partial charge in [-0.05, 0) is 31.4 Å². The summed E-state index contributed by atoms with van der Waals surface area (Å²) in [6, 6.07) is 8.62. The molecule has 0 aliphatic heterocycles. The number of benzene rings is 1. The Hall–Kier alpha value is -2.29. The van der Waals surface area contributed by atoms with Crippen LogP contribution in [-0.4, -0.2) is 27.0 Å². The predicted octanol–water partition coefficient (Wildman–Crippen LogP) is 3.49. The maximum Gasteiger partial charge on any atom is 0.534 e. The van der Waals surface area contributed by atoms with Gasteiger partial charge in [0, 0.05) is 5.57 Å². The molecule has 2 rings (SSSR count). The first-order valence-electron chi connectivity index (χ1n) is 7.55. The standard InChI is InChI=1S/C17H17F3O5S/c1-16(11-12-7-4-3-5-8-12)13(15(21)24-2)9-6-10-14(16)25-26(22,23)17(18,19)20/h3-5,7-10H,6,11H2,1-2H3. The third kappa shape index (κ3) is 3.92. The lowest BCUT2D eigenvalue weighted by Crippen LogP contribution is -2.36. The summed E-state index contributed by atoms with van der Waals surface area (Å²) >= 11 is 0. The molecule has 1 aromatic rings. The van der Waals surface area contributed by atoms with E-state index in [1.165, 1.54) is 19.1 Å². The summed E-state index contributed by atoms with van der Waals surface area (Å²) < 4.78 is 70.3. The van der Waals surface area contributed by atoms with E-state index in [0.29, 0.717) is 5.56 Å². The van der Waals surface area contributed by atoms with Crippen molar-refractivity contribution < 1.29 is 35.3 Å². The molecule has 1 aromatic carbocycles. The molecule has 5 nitrogen and oxygen atoms in total. The van der Waals surface area contributed by atoms with Crippen molar-refractivity contribution in [2.24, 2.45) is 5.41 Å². The zero-order valence-electron chi connectivity index (χ0n) is 14.0. The summed E-state index contributed by atoms with van der Waals surface area (Å²) in [6.45, 7) is 1.44. The van der Waals surface area contributed by atoms with E-state index in [1.54, 1.807) is 30.3 Å². The van der Waals surface area contributed by atoms with Crippen LogP contribution < -0.4 is 0 Å². The Morgan fingerprint density at radius 1 is 1.19 bits per heavy atom. The number of alkyl halides is 3. The Morgan fingerprint density at radius 2 is 1.81 bits per heavy atom. The van der Waals surface area contributed by atoms with E-state index in [0.717, 1.165) is 7.11 Å². The molecule has 0 saturated heterocycles. The normalized spacial score (nSPS) is 20.8. The van der Waals surface area contributed by atoms with E-state index < -0.39 is 32.8 Å². The molecule has 0 aromatic heterocycles. The molecule has 0 N–H and O–H groups in total. The van der Waals surface area contributed by atoms with Crippen LogP contribution in [0.25, 0.3) is 0 Å². The molecule has 1 unspecified atom stereocenters. The van der Waals surface area contributed by atoms with Gasteiger partial charge in [0.2, 0.25) is 0 Å². The maximum atomic E-state index is 12.7. The van der Waals surface area contributed by atoms with E-state index in [4.69, 9.17) is 4.74 Å². The molecule has 1 aliphatic carbocycles. The highest BCUT2D eigenvalue weighted by Crippen LogP contribution is 2.44. The largest absolute Gasteiger partial charge is 0.534 e. The van der Waals surface area contributed by atoms with Crippen LogP contribution >= 0.6 is 0 Å². The third-order valence-corrected chi connectivity index (χ3v) is 5.02. The van der Waals surface area contributed by atoms with Crippen molar-refractivity contribution in [3.63, 3.8) is 0 Å². The highest BCUT2D eigenvalue weighted by molar-refractivity contribution is 7.87. The van der Waals surface area contributed by atoms with Crippen molar-refractivity contribution in [1.82, 2.24) is 0 Å². The summed E-state index contributed by atoms with van der Waals surface area (Å²) in [5.74, 6) is -1.22. The second-order valence-corrected chi connectivity index (χ2v) is 7.43. The molecular formula is C17H17F3O5S. The van der Waals surface area contributed by atoms with Crippen molar-refractivity contribution in [2.45, 2.75) is 25.3 Å². The minimum atomic E-state index is -5.86. The number of rotatable bonds is 5. The molecule has 1 aliphatic rings. The SMILES string of the molecule is COC(=O)C1=CCC=C(OS(=O)(=O)C(F)(F)F)C1(C)Cc1ccccc1. The third-order valence-electron chi connectivity index (χ3n) is 4.05. The number of ether oxygens (including phenoxy) is 1. The van der Waals surface area contributed by atoms with Crippen LogP contribution in [0.4, 0.5) is 13.2 Å². The van der Waals surface area contributed by atoms with Gasteiger partial charge in [0.25, 0.3) is 0 Å². The molecule has 0 amide bonds. The summed E-state index contributed by atoms with van der Waals surface area (Å²) in [5, 5.41) is 0. The first-order chi connectivity index (χ1) is 12.0. The lowest BCUT2D eigenvalue weighted by molar-refractivity contribution is -0.137. The monoisotopic (exact) mass is 390 g/mol. The number of halogens is 3. The molecular weight excluding hydrogens is 373 g/mol. The highest BCUT2D eigenvalue weighted by atomic mass is 32.2. The zero-order valence-corrected chi connectivity index (χ0v) is 14.9. The van der Waals surface area contributed by atoms with Crippen LogP contribution in [0.1, 0.15) is 18.9 Å². The fourth-order valence-electron chi connectivity index (χ4n) is 2.76. The first kappa shape index (κ1) is 20.0. The second-order valence-electron chi connectivity index (χ2n) is 5.89. The Labute approximate surface area is 149 Å². The van der Waals surface area contributed by atoms with E-state index in [2.05, 4.69) is 4.18 Å². The molecule has 142 valence electrons. The molecule has 0 radical (unpaired) electrons. The second kappa shape index (κ2) is 7.14. The smallest absolute Gasteiger partial charge is 0.466 e. The van der Waals surface area contributed by atoms with Crippen LogP contribution in [0.3, 0.4) is 0 Å². The van der Waals surface area contributed by atoms with Gasteiger partial charge in [-0.25, -0.2) is 4.79 Å². The van der Waals surface area contributed by atoms with Gasteiger partial charge in [0.05, 0.1) is 12.5 Å². The van der Waals surface area contributed by atoms with E-state index in [9.17, 15) is 26.4 Å². The average molecular weight is 390 g/mol. The molecule has 0 saturated carbocycles. The van der Waals surface area contributed by atoms with Crippen LogP contribution in [0.15, 0.2) is 53.8 Å². The summed E-state index contributed by atoms with van der Waals surface area (Å²) in [6.07, 6.45) is 2.80. The van der Waals surface area contributed by atoms with Crippen LogP contribution in [0, 0.1) is 5.41 Å². The Kier molecular flexibility index (Phi) is 5.50. The van der Waals surface area contributed by atoms with Crippen molar-refractivity contribution in [3.8, 4) is 0 Å². The number of esters is 1. The minimum absolute atomic E-state index is 0.0392. The van der Waals surface area contributed by atoms with E-state index >= 15 is 0 Å². The molecule has 26 heavy (non-hydrogen) atoms. The van der Waals surface area contributed by atoms with Gasteiger partial charge in [-0.15, -0.1) is 0 Å². The van der Waals surface area contributed by atoms with Gasteiger partial charge >= 0.3 is 21.6 Å².